The van der Waals surface area contributed by atoms with E-state index in [1.807, 2.05) is 30.3 Å². The molecule has 1 aliphatic heterocycles. The van der Waals surface area contributed by atoms with Gasteiger partial charge in [-0.3, -0.25) is 4.90 Å². The zero-order chi connectivity index (χ0) is 18.7. The minimum absolute atomic E-state index is 0.00601. The average molecular weight is 447 g/mol. The number of rotatable bonds is 5. The number of morpholine rings is 1. The van der Waals surface area contributed by atoms with E-state index in [1.54, 1.807) is 24.1 Å². The van der Waals surface area contributed by atoms with Gasteiger partial charge in [0.25, 0.3) is 6.43 Å². The predicted molar refractivity (Wildman–Crippen MR) is 101 cm³/mol. The fourth-order valence-electron chi connectivity index (χ4n) is 3.16. The van der Waals surface area contributed by atoms with Crippen molar-refractivity contribution < 1.29 is 18.3 Å². The summed E-state index contributed by atoms with van der Waals surface area (Å²) in [7, 11) is 1.59. The third-order valence-electron chi connectivity index (χ3n) is 4.48. The van der Waals surface area contributed by atoms with Crippen molar-refractivity contribution in [2.45, 2.75) is 25.1 Å². The van der Waals surface area contributed by atoms with Crippen molar-refractivity contribution in [3.8, 4) is 5.75 Å². The number of benzene rings is 2. The zero-order valence-electron chi connectivity index (χ0n) is 14.2. The summed E-state index contributed by atoms with van der Waals surface area (Å²) < 4.78 is 38.8. The highest BCUT2D eigenvalue weighted by molar-refractivity contribution is 9.10. The lowest BCUT2D eigenvalue weighted by Crippen LogP contribution is -2.50. The molecular formula is C19H19BrClF2NO2. The van der Waals surface area contributed by atoms with Gasteiger partial charge in [0.15, 0.2) is 0 Å². The molecule has 0 amide bonds. The van der Waals surface area contributed by atoms with Crippen molar-refractivity contribution >= 4 is 27.5 Å². The largest absolute Gasteiger partial charge is 0.497 e. The summed E-state index contributed by atoms with van der Waals surface area (Å²) in [6.07, 6.45) is -2.50. The van der Waals surface area contributed by atoms with Gasteiger partial charge in [0.2, 0.25) is 0 Å². The van der Waals surface area contributed by atoms with Crippen LogP contribution in [0.25, 0.3) is 0 Å². The van der Waals surface area contributed by atoms with Crippen LogP contribution >= 0.6 is 27.5 Å². The van der Waals surface area contributed by atoms with Crippen molar-refractivity contribution in [2.75, 3.05) is 20.3 Å². The van der Waals surface area contributed by atoms with E-state index in [0.29, 0.717) is 18.2 Å². The molecule has 1 saturated heterocycles. The Morgan fingerprint density at radius 2 is 1.96 bits per heavy atom. The van der Waals surface area contributed by atoms with Crippen LogP contribution in [0, 0.1) is 0 Å². The second-order valence-electron chi connectivity index (χ2n) is 6.18. The molecule has 2 aromatic rings. The van der Waals surface area contributed by atoms with Crippen molar-refractivity contribution in [2.24, 2.45) is 0 Å². The first-order valence-corrected chi connectivity index (χ1v) is 9.35. The molecule has 3 nitrogen and oxygen atoms in total. The minimum Gasteiger partial charge on any atom is -0.497 e. The van der Waals surface area contributed by atoms with E-state index in [9.17, 15) is 8.78 Å². The van der Waals surface area contributed by atoms with E-state index in [4.69, 9.17) is 21.1 Å². The summed E-state index contributed by atoms with van der Waals surface area (Å²) in [5.41, 5.74) is 1.78. The lowest BCUT2D eigenvalue weighted by atomic mass is 10.0. The van der Waals surface area contributed by atoms with Crippen LogP contribution in [0.1, 0.15) is 17.2 Å². The molecule has 0 radical (unpaired) electrons. The van der Waals surface area contributed by atoms with E-state index < -0.39 is 12.5 Å². The van der Waals surface area contributed by atoms with Gasteiger partial charge < -0.3 is 9.47 Å². The third kappa shape index (κ3) is 4.55. The second-order valence-corrected chi connectivity index (χ2v) is 7.53. The lowest BCUT2D eigenvalue weighted by Gasteiger charge is -2.42. The summed E-state index contributed by atoms with van der Waals surface area (Å²) in [4.78, 5) is 1.80. The van der Waals surface area contributed by atoms with Gasteiger partial charge in [-0.15, -0.1) is 0 Å². The van der Waals surface area contributed by atoms with Crippen LogP contribution in [0.15, 0.2) is 46.9 Å². The topological polar surface area (TPSA) is 21.7 Å². The van der Waals surface area contributed by atoms with Gasteiger partial charge in [-0.1, -0.05) is 39.7 Å². The highest BCUT2D eigenvalue weighted by atomic mass is 79.9. The third-order valence-corrected chi connectivity index (χ3v) is 5.15. The summed E-state index contributed by atoms with van der Waals surface area (Å²) in [6, 6.07) is 11.6. The average Bonchev–Trinajstić information content (AvgIpc) is 2.61. The van der Waals surface area contributed by atoms with Gasteiger partial charge in [0, 0.05) is 16.0 Å². The highest BCUT2D eigenvalue weighted by Gasteiger charge is 2.37. The predicted octanol–water partition coefficient (Wildman–Crippen LogP) is 5.32. The Bertz CT molecular complexity index is 725. The number of hydrogen-bond acceptors (Lipinski definition) is 3. The lowest BCUT2D eigenvalue weighted by molar-refractivity contribution is -0.106. The summed E-state index contributed by atoms with van der Waals surface area (Å²) in [5, 5.41) is 0.554. The Balaban J connectivity index is 1.92. The van der Waals surface area contributed by atoms with Crippen LogP contribution in [-0.4, -0.2) is 37.7 Å². The maximum Gasteiger partial charge on any atom is 0.256 e. The first-order chi connectivity index (χ1) is 12.5. The molecule has 7 heteroatoms. The number of halogens is 4. The number of methoxy groups -OCH3 is 1. The van der Waals surface area contributed by atoms with E-state index in [0.717, 1.165) is 21.3 Å². The molecule has 3 rings (SSSR count). The Labute approximate surface area is 165 Å². The van der Waals surface area contributed by atoms with Crippen LogP contribution in [0.4, 0.5) is 8.78 Å². The molecular weight excluding hydrogens is 428 g/mol. The first-order valence-electron chi connectivity index (χ1n) is 8.18. The van der Waals surface area contributed by atoms with Crippen molar-refractivity contribution in [1.82, 2.24) is 4.90 Å². The van der Waals surface area contributed by atoms with Gasteiger partial charge in [0.1, 0.15) is 5.75 Å². The molecule has 0 saturated carbocycles. The van der Waals surface area contributed by atoms with Crippen LogP contribution in [-0.2, 0) is 11.3 Å². The quantitative estimate of drug-likeness (QED) is 0.620. The fraction of sp³-hybridized carbons (Fsp3) is 0.368. The van der Waals surface area contributed by atoms with Crippen LogP contribution in [0.3, 0.4) is 0 Å². The molecule has 1 heterocycles. The maximum atomic E-state index is 13.7. The molecule has 1 aliphatic rings. The molecule has 1 fully saturated rings. The normalized spacial score (nSPS) is 21.2. The van der Waals surface area contributed by atoms with Crippen LogP contribution in [0.5, 0.6) is 5.75 Å². The van der Waals surface area contributed by atoms with Crippen molar-refractivity contribution in [3.05, 3.63) is 63.1 Å². The van der Waals surface area contributed by atoms with E-state index in [-0.39, 0.29) is 12.6 Å². The standard InChI is InChI=1S/C19H19BrClF2NO2/c1-25-16-4-2-12(3-5-16)9-24-17(10-26-11-18(24)19(22)23)13-6-14(20)8-15(21)7-13/h2-8,17-19H,9-11H2,1H3/t17-,18-/m0/s1. The minimum atomic E-state index is -2.50. The summed E-state index contributed by atoms with van der Waals surface area (Å²) in [6.45, 7) is 0.732. The van der Waals surface area contributed by atoms with Gasteiger partial charge in [-0.25, -0.2) is 8.78 Å². The fourth-order valence-corrected chi connectivity index (χ4v) is 4.05. The molecule has 2 atom stereocenters. The number of hydrogen-bond donors (Lipinski definition) is 0. The monoisotopic (exact) mass is 445 g/mol. The van der Waals surface area contributed by atoms with E-state index >= 15 is 0 Å². The van der Waals surface area contributed by atoms with Crippen LogP contribution in [0.2, 0.25) is 5.02 Å². The van der Waals surface area contributed by atoms with E-state index in [2.05, 4.69) is 15.9 Å². The van der Waals surface area contributed by atoms with Gasteiger partial charge in [-0.2, -0.15) is 0 Å². The van der Waals surface area contributed by atoms with Gasteiger partial charge in [0.05, 0.1) is 32.4 Å². The summed E-state index contributed by atoms with van der Waals surface area (Å²) in [5.74, 6) is 0.733. The van der Waals surface area contributed by atoms with Crippen molar-refractivity contribution in [3.63, 3.8) is 0 Å². The molecule has 26 heavy (non-hydrogen) atoms. The van der Waals surface area contributed by atoms with Crippen molar-refractivity contribution in [1.29, 1.82) is 0 Å². The molecule has 0 spiro atoms. The molecule has 2 aromatic carbocycles. The molecule has 0 unspecified atom stereocenters. The Morgan fingerprint density at radius 3 is 2.58 bits per heavy atom. The number of ether oxygens (including phenoxy) is 2. The number of alkyl halides is 2. The summed E-state index contributed by atoms with van der Waals surface area (Å²) >= 11 is 9.58. The SMILES string of the molecule is COc1ccc(CN2[C@H](c3cc(Cl)cc(Br)c3)COC[C@H]2C(F)F)cc1. The molecule has 0 N–H and O–H groups in total. The Kier molecular flexibility index (Phi) is 6.51. The maximum absolute atomic E-state index is 13.7. The molecule has 0 aliphatic carbocycles. The Hall–Kier alpha value is -1.21. The van der Waals surface area contributed by atoms with E-state index in [1.165, 1.54) is 0 Å². The zero-order valence-corrected chi connectivity index (χ0v) is 16.5. The second kappa shape index (κ2) is 8.65. The van der Waals surface area contributed by atoms with Crippen LogP contribution < -0.4 is 4.74 Å². The smallest absolute Gasteiger partial charge is 0.256 e. The molecule has 0 bridgehead atoms. The Morgan fingerprint density at radius 1 is 1.23 bits per heavy atom. The number of nitrogens with zero attached hydrogens (tertiary/aromatic N) is 1. The van der Waals surface area contributed by atoms with Gasteiger partial charge in [-0.05, 0) is 41.5 Å². The first kappa shape index (κ1) is 19.5. The van der Waals surface area contributed by atoms with Gasteiger partial charge >= 0.3 is 0 Å². The molecule has 0 aromatic heterocycles. The highest BCUT2D eigenvalue weighted by Crippen LogP contribution is 2.34. The molecule has 140 valence electrons.